The van der Waals surface area contributed by atoms with Crippen molar-refractivity contribution in [3.05, 3.63) is 87.3 Å². The Morgan fingerprint density at radius 3 is 2.07 bits per heavy atom. The second kappa shape index (κ2) is 24.4. The summed E-state index contributed by atoms with van der Waals surface area (Å²) in [7, 11) is 0. The highest BCUT2D eigenvalue weighted by molar-refractivity contribution is 7.80. The molecule has 0 fully saturated rings. The molecule has 13 heteroatoms. The zero-order valence-corrected chi connectivity index (χ0v) is 32.8. The Kier molecular flexibility index (Phi) is 20.0. The van der Waals surface area contributed by atoms with Crippen LogP contribution in [0, 0.1) is 10.1 Å². The van der Waals surface area contributed by atoms with Crippen molar-refractivity contribution in [1.82, 2.24) is 10.6 Å². The molecule has 1 aliphatic carbocycles. The second-order valence-electron chi connectivity index (χ2n) is 14.0. The lowest BCUT2D eigenvalue weighted by molar-refractivity contribution is -0.419. The summed E-state index contributed by atoms with van der Waals surface area (Å²) in [4.78, 5) is 62.4. The fraction of sp³-hybridized carbons (Fsp3) is 0.561. The number of amides is 2. The first-order valence-electron chi connectivity index (χ1n) is 19.2. The monoisotopic (exact) mass is 766 g/mol. The van der Waals surface area contributed by atoms with Gasteiger partial charge in [-0.1, -0.05) is 70.6 Å². The number of carbonyl (C=O) groups excluding carboxylic acids is 4. The van der Waals surface area contributed by atoms with Crippen molar-refractivity contribution >= 4 is 41.7 Å². The Morgan fingerprint density at radius 2 is 1.43 bits per heavy atom. The molecule has 2 aliphatic rings. The van der Waals surface area contributed by atoms with Crippen molar-refractivity contribution in [2.75, 3.05) is 56.7 Å². The van der Waals surface area contributed by atoms with Crippen molar-refractivity contribution in [2.24, 2.45) is 0 Å². The first kappa shape index (κ1) is 44.3. The van der Waals surface area contributed by atoms with Gasteiger partial charge in [-0.25, -0.2) is 0 Å². The van der Waals surface area contributed by atoms with Crippen molar-refractivity contribution in [1.29, 1.82) is 0 Å². The molecule has 2 N–H and O–H groups in total. The molecule has 1 aromatic carbocycles. The summed E-state index contributed by atoms with van der Waals surface area (Å²) in [5, 5.41) is 16.9. The van der Waals surface area contributed by atoms with Gasteiger partial charge in [-0.05, 0) is 48.5 Å². The Labute approximate surface area is 325 Å². The van der Waals surface area contributed by atoms with E-state index in [2.05, 4.69) is 37.1 Å². The van der Waals surface area contributed by atoms with Gasteiger partial charge in [-0.3, -0.25) is 29.3 Å². The predicted octanol–water partition coefficient (Wildman–Crippen LogP) is 6.34. The van der Waals surface area contributed by atoms with Gasteiger partial charge in [0.15, 0.2) is 5.78 Å². The number of hydrogen-bond acceptors (Lipinski definition) is 10. The van der Waals surface area contributed by atoms with Gasteiger partial charge in [-0.15, -0.1) is 0 Å². The van der Waals surface area contributed by atoms with E-state index in [4.69, 9.17) is 9.47 Å². The van der Waals surface area contributed by atoms with Crippen LogP contribution in [0.25, 0.3) is 0 Å². The van der Waals surface area contributed by atoms with E-state index in [9.17, 15) is 29.3 Å². The number of ketones is 2. The van der Waals surface area contributed by atoms with Crippen LogP contribution in [0.3, 0.4) is 0 Å². The highest BCUT2D eigenvalue weighted by Gasteiger charge is 2.39. The van der Waals surface area contributed by atoms with Crippen LogP contribution in [-0.4, -0.2) is 80.1 Å². The zero-order valence-electron chi connectivity index (χ0n) is 31.9. The number of carbonyl (C=O) groups is 4. The minimum absolute atomic E-state index is 0.0534. The summed E-state index contributed by atoms with van der Waals surface area (Å²) in [5.41, 5.74) is 2.47. The lowest BCUT2D eigenvalue weighted by Crippen LogP contribution is -2.29. The highest BCUT2D eigenvalue weighted by atomic mass is 32.1. The number of nitro groups is 1. The SMILES string of the molecule is CC1(C)/C(=C\C=C2\C=C([N+](=O)[O-])C=CC2=O)N(CCC(=O)CCC(=O)NCCOCCOCCNC(=O)CCCCCCCCCCS)c2ccccc21. The molecule has 296 valence electrons. The fourth-order valence-electron chi connectivity index (χ4n) is 6.43. The summed E-state index contributed by atoms with van der Waals surface area (Å²) < 4.78 is 11.0. The smallest absolute Gasteiger partial charge is 0.270 e. The normalized spacial score (nSPS) is 16.1. The maximum atomic E-state index is 12.9. The molecule has 12 nitrogen and oxygen atoms in total. The largest absolute Gasteiger partial charge is 0.377 e. The van der Waals surface area contributed by atoms with E-state index in [0.717, 1.165) is 35.5 Å². The van der Waals surface area contributed by atoms with Crippen LogP contribution in [0.15, 0.2) is 71.6 Å². The summed E-state index contributed by atoms with van der Waals surface area (Å²) >= 11 is 4.23. The molecular formula is C41H58N4O8S. The Hall–Kier alpha value is -4.07. The van der Waals surface area contributed by atoms with Gasteiger partial charge in [-0.2, -0.15) is 12.6 Å². The molecular weight excluding hydrogens is 709 g/mol. The molecule has 3 rings (SSSR count). The number of nitrogens with zero attached hydrogens (tertiary/aromatic N) is 2. The number of fused-ring (bicyclic) bond motifs is 1. The van der Waals surface area contributed by atoms with Crippen molar-refractivity contribution < 1.29 is 33.6 Å². The van der Waals surface area contributed by atoms with Gasteiger partial charge in [0.1, 0.15) is 5.78 Å². The lowest BCUT2D eigenvalue weighted by atomic mass is 9.83. The molecule has 0 saturated heterocycles. The average molecular weight is 767 g/mol. The molecule has 54 heavy (non-hydrogen) atoms. The number of thiol groups is 1. The number of benzene rings is 1. The van der Waals surface area contributed by atoms with Crippen LogP contribution in [-0.2, 0) is 34.1 Å². The van der Waals surface area contributed by atoms with Gasteiger partial charge in [0.25, 0.3) is 5.70 Å². The van der Waals surface area contributed by atoms with Gasteiger partial charge >= 0.3 is 0 Å². The maximum Gasteiger partial charge on any atom is 0.270 e. The molecule has 0 radical (unpaired) electrons. The third-order valence-electron chi connectivity index (χ3n) is 9.49. The van der Waals surface area contributed by atoms with E-state index >= 15 is 0 Å². The summed E-state index contributed by atoms with van der Waals surface area (Å²) in [5.74, 6) is 0.418. The minimum atomic E-state index is -0.535. The van der Waals surface area contributed by atoms with Crippen molar-refractivity contribution in [2.45, 2.75) is 96.3 Å². The molecule has 2 amide bonds. The summed E-state index contributed by atoms with van der Waals surface area (Å²) in [6.07, 6.45) is 17.4. The molecule has 0 atom stereocenters. The predicted molar refractivity (Wildman–Crippen MR) is 214 cm³/mol. The van der Waals surface area contributed by atoms with E-state index in [0.29, 0.717) is 52.5 Å². The summed E-state index contributed by atoms with van der Waals surface area (Å²) in [6, 6.07) is 7.88. The average Bonchev–Trinajstić information content (AvgIpc) is 3.37. The first-order valence-corrected chi connectivity index (χ1v) is 19.9. The number of unbranched alkanes of at least 4 members (excludes halogenated alkanes) is 7. The minimum Gasteiger partial charge on any atom is -0.377 e. The zero-order chi connectivity index (χ0) is 39.2. The molecule has 0 aromatic heterocycles. The van der Waals surface area contributed by atoms with E-state index in [1.807, 2.05) is 29.2 Å². The number of para-hydroxylation sites is 1. The maximum absolute atomic E-state index is 12.9. The standard InChI is InChI=1S/C41H58N4O8S/c1-41(2)35-13-10-11-14-36(35)44(38(41)20-16-32-31-33(45(50)51)17-19-37(32)47)25-22-34(46)18-21-40(49)43-24-27-53-29-28-52-26-23-42-39(48)15-9-7-5-3-4-6-8-12-30-54/h10-11,13-14,16-17,19-20,31,54H,3-9,12,15,18,21-30H2,1-2H3,(H,42,48)(H,43,49)/b32-16-,38-20+. The molecule has 1 aromatic rings. The Bertz CT molecular complexity index is 1550. The van der Waals surface area contributed by atoms with Crippen LogP contribution in [0.1, 0.15) is 96.5 Å². The molecule has 0 unspecified atom stereocenters. The quantitative estimate of drug-likeness (QED) is 0.0306. The number of nitrogens with one attached hydrogen (secondary N) is 2. The van der Waals surface area contributed by atoms with Gasteiger partial charge in [0, 0.05) is 79.8 Å². The molecule has 0 saturated carbocycles. The van der Waals surface area contributed by atoms with E-state index in [1.165, 1.54) is 56.8 Å². The van der Waals surface area contributed by atoms with E-state index in [-0.39, 0.29) is 53.9 Å². The van der Waals surface area contributed by atoms with Crippen LogP contribution in [0.2, 0.25) is 0 Å². The lowest BCUT2D eigenvalue weighted by Gasteiger charge is -2.27. The third kappa shape index (κ3) is 15.3. The van der Waals surface area contributed by atoms with E-state index in [1.54, 1.807) is 12.2 Å². The Morgan fingerprint density at radius 1 is 0.815 bits per heavy atom. The van der Waals surface area contributed by atoms with Crippen molar-refractivity contribution in [3.63, 3.8) is 0 Å². The number of anilines is 1. The topological polar surface area (TPSA) is 157 Å². The fourth-order valence-corrected chi connectivity index (χ4v) is 6.65. The second-order valence-corrected chi connectivity index (χ2v) is 14.5. The highest BCUT2D eigenvalue weighted by Crippen LogP contribution is 2.47. The number of allylic oxidation sites excluding steroid dienone is 7. The number of hydrogen-bond donors (Lipinski definition) is 3. The molecule has 1 heterocycles. The third-order valence-corrected chi connectivity index (χ3v) is 9.81. The van der Waals surface area contributed by atoms with Gasteiger partial charge in [0.05, 0.1) is 31.4 Å². The Balaban J connectivity index is 1.27. The number of ether oxygens (including phenoxy) is 2. The number of rotatable bonds is 27. The van der Waals surface area contributed by atoms with Crippen LogP contribution < -0.4 is 15.5 Å². The first-order chi connectivity index (χ1) is 26.0. The van der Waals surface area contributed by atoms with Crippen LogP contribution in [0.5, 0.6) is 0 Å². The molecule has 1 aliphatic heterocycles. The van der Waals surface area contributed by atoms with Gasteiger partial charge in [0.2, 0.25) is 11.8 Å². The summed E-state index contributed by atoms with van der Waals surface area (Å²) in [6.45, 7) is 6.74. The van der Waals surface area contributed by atoms with E-state index < -0.39 is 10.3 Å². The van der Waals surface area contributed by atoms with Crippen LogP contribution >= 0.6 is 12.6 Å². The van der Waals surface area contributed by atoms with Gasteiger partial charge < -0.3 is 25.0 Å². The molecule has 0 bridgehead atoms. The van der Waals surface area contributed by atoms with Crippen LogP contribution in [0.4, 0.5) is 5.69 Å². The number of Topliss-reactive ketones (excluding diaryl/α,β-unsaturated/α-hetero) is 1. The molecule has 0 spiro atoms. The van der Waals surface area contributed by atoms with Crippen molar-refractivity contribution in [3.8, 4) is 0 Å².